The number of esters is 1. The van der Waals surface area contributed by atoms with Gasteiger partial charge in [0.15, 0.2) is 0 Å². The molecule has 1 saturated carbocycles. The van der Waals surface area contributed by atoms with Gasteiger partial charge in [-0.25, -0.2) is 14.0 Å². The lowest BCUT2D eigenvalue weighted by Crippen LogP contribution is -2.46. The number of amides is 1. The van der Waals surface area contributed by atoms with E-state index in [1.807, 2.05) is 39.0 Å². The van der Waals surface area contributed by atoms with Crippen molar-refractivity contribution in [3.8, 4) is 0 Å². The Hall–Kier alpha value is -3.48. The van der Waals surface area contributed by atoms with Crippen LogP contribution in [0.4, 0.5) is 9.18 Å². The van der Waals surface area contributed by atoms with Crippen LogP contribution in [0.1, 0.15) is 106 Å². The number of likely N-dealkylation sites (tertiary alicyclic amines) is 1. The molecule has 2 fully saturated rings. The van der Waals surface area contributed by atoms with Crippen LogP contribution in [0, 0.1) is 17.2 Å². The molecular weight excluding hydrogens is 531 g/mol. The lowest BCUT2D eigenvalue weighted by atomic mass is 9.68. The van der Waals surface area contributed by atoms with Gasteiger partial charge in [0.2, 0.25) is 0 Å². The van der Waals surface area contributed by atoms with E-state index in [1.165, 1.54) is 19.1 Å². The monoisotopic (exact) mass is 574 g/mol. The first-order chi connectivity index (χ1) is 19.8. The highest BCUT2D eigenvalue weighted by molar-refractivity contribution is 5.91. The number of halogens is 1. The summed E-state index contributed by atoms with van der Waals surface area (Å²) in [6.45, 7) is 11.1. The highest BCUT2D eigenvalue weighted by Crippen LogP contribution is 2.47. The van der Waals surface area contributed by atoms with E-state index in [1.54, 1.807) is 23.2 Å². The number of rotatable bonds is 4. The lowest BCUT2D eigenvalue weighted by molar-refractivity contribution is 0.0216. The van der Waals surface area contributed by atoms with E-state index in [-0.39, 0.29) is 23.3 Å². The van der Waals surface area contributed by atoms with Crippen LogP contribution < -0.4 is 0 Å². The topological polar surface area (TPSA) is 68.7 Å². The van der Waals surface area contributed by atoms with Crippen molar-refractivity contribution >= 4 is 23.7 Å². The second kappa shape index (κ2) is 11.7. The summed E-state index contributed by atoms with van der Waals surface area (Å²) in [5.74, 6) is -0.364. The SMILES string of the molecule is COC(=O)c1ccc2c(c1)CCCC(C1CCCC(C)(C)C1)=C2c1ncc(C=C2CN(C(=O)OC(C)(C)C)C2)cc1F. The molecule has 1 unspecified atom stereocenters. The summed E-state index contributed by atoms with van der Waals surface area (Å²) >= 11 is 0. The number of hydrogen-bond acceptors (Lipinski definition) is 5. The van der Waals surface area contributed by atoms with Gasteiger partial charge >= 0.3 is 12.1 Å². The molecule has 1 saturated heterocycles. The molecule has 1 aliphatic heterocycles. The minimum atomic E-state index is -0.544. The minimum absolute atomic E-state index is 0.239. The summed E-state index contributed by atoms with van der Waals surface area (Å²) in [6.07, 6.45) is 10.4. The molecule has 1 aromatic carbocycles. The molecule has 0 N–H and O–H groups in total. The molecule has 0 bridgehead atoms. The molecule has 0 spiro atoms. The molecule has 2 heterocycles. The molecule has 1 aromatic heterocycles. The van der Waals surface area contributed by atoms with E-state index in [0.29, 0.717) is 35.8 Å². The number of carbonyl (C=O) groups is 2. The van der Waals surface area contributed by atoms with Gasteiger partial charge in [0.25, 0.3) is 0 Å². The van der Waals surface area contributed by atoms with Crippen LogP contribution in [-0.2, 0) is 15.9 Å². The largest absolute Gasteiger partial charge is 0.465 e. The number of allylic oxidation sites excluding steroid dienone is 1. The fraction of sp³-hybridized carbons (Fsp3) is 0.514. The third-order valence-electron chi connectivity index (χ3n) is 8.62. The zero-order valence-electron chi connectivity index (χ0n) is 25.8. The Morgan fingerprint density at radius 3 is 2.55 bits per heavy atom. The molecule has 1 amide bonds. The number of methoxy groups -OCH3 is 1. The van der Waals surface area contributed by atoms with E-state index in [2.05, 4.69) is 13.8 Å². The summed E-state index contributed by atoms with van der Waals surface area (Å²) in [5.41, 5.74) is 6.43. The fourth-order valence-electron chi connectivity index (χ4n) is 6.68. The van der Waals surface area contributed by atoms with E-state index in [0.717, 1.165) is 60.8 Å². The average molecular weight is 575 g/mol. The van der Waals surface area contributed by atoms with Gasteiger partial charge in [-0.3, -0.25) is 4.98 Å². The van der Waals surface area contributed by atoms with Gasteiger partial charge in [-0.05, 0) is 111 Å². The fourth-order valence-corrected chi connectivity index (χ4v) is 6.68. The van der Waals surface area contributed by atoms with Gasteiger partial charge in [-0.1, -0.05) is 38.0 Å². The Kier molecular flexibility index (Phi) is 8.32. The summed E-state index contributed by atoms with van der Waals surface area (Å²) in [4.78, 5) is 31.0. The van der Waals surface area contributed by atoms with Crippen LogP contribution in [0.15, 0.2) is 41.6 Å². The highest BCUT2D eigenvalue weighted by atomic mass is 19.1. The van der Waals surface area contributed by atoms with Crippen molar-refractivity contribution < 1.29 is 23.5 Å². The Morgan fingerprint density at radius 2 is 1.88 bits per heavy atom. The number of aromatic nitrogens is 1. The third kappa shape index (κ3) is 6.61. The number of pyridine rings is 1. The molecule has 6 nitrogen and oxygen atoms in total. The van der Waals surface area contributed by atoms with Crippen LogP contribution in [0.5, 0.6) is 0 Å². The summed E-state index contributed by atoms with van der Waals surface area (Å²) < 4.78 is 26.5. The van der Waals surface area contributed by atoms with Gasteiger partial charge in [0.1, 0.15) is 17.1 Å². The van der Waals surface area contributed by atoms with E-state index in [4.69, 9.17) is 14.5 Å². The van der Waals surface area contributed by atoms with E-state index >= 15 is 4.39 Å². The normalized spacial score (nSPS) is 20.3. The smallest absolute Gasteiger partial charge is 0.410 e. The Balaban J connectivity index is 1.50. The van der Waals surface area contributed by atoms with Crippen molar-refractivity contribution in [2.75, 3.05) is 20.2 Å². The molecule has 2 aromatic rings. The van der Waals surface area contributed by atoms with Crippen LogP contribution in [0.25, 0.3) is 11.6 Å². The van der Waals surface area contributed by atoms with E-state index in [9.17, 15) is 9.59 Å². The number of aryl methyl sites for hydroxylation is 1. The van der Waals surface area contributed by atoms with Crippen LogP contribution >= 0.6 is 0 Å². The average Bonchev–Trinajstić information content (AvgIpc) is 3.07. The number of nitrogens with zero attached hydrogens (tertiary/aromatic N) is 2. The summed E-state index contributed by atoms with van der Waals surface area (Å²) in [7, 11) is 1.39. The first kappa shape index (κ1) is 30.0. The maximum absolute atomic E-state index is 16.1. The third-order valence-corrected chi connectivity index (χ3v) is 8.62. The molecule has 1 atom stereocenters. The molecule has 2 aliphatic carbocycles. The van der Waals surface area contributed by atoms with Crippen LogP contribution in [0.3, 0.4) is 0 Å². The van der Waals surface area contributed by atoms with Crippen molar-refractivity contribution in [2.45, 2.75) is 85.2 Å². The van der Waals surface area contributed by atoms with Gasteiger partial charge < -0.3 is 14.4 Å². The lowest BCUT2D eigenvalue weighted by Gasteiger charge is -2.37. The van der Waals surface area contributed by atoms with Crippen LogP contribution in [-0.4, -0.2) is 47.7 Å². The summed E-state index contributed by atoms with van der Waals surface area (Å²) in [5, 5.41) is 0. The van der Waals surface area contributed by atoms with Gasteiger partial charge in [0.05, 0.1) is 12.7 Å². The number of ether oxygens (including phenoxy) is 2. The Bertz CT molecular complexity index is 1440. The minimum Gasteiger partial charge on any atom is -0.465 e. The molecule has 224 valence electrons. The molecule has 3 aliphatic rings. The zero-order valence-corrected chi connectivity index (χ0v) is 25.8. The first-order valence-corrected chi connectivity index (χ1v) is 15.1. The molecule has 5 rings (SSSR count). The molecule has 42 heavy (non-hydrogen) atoms. The Morgan fingerprint density at radius 1 is 1.12 bits per heavy atom. The highest BCUT2D eigenvalue weighted by Gasteiger charge is 2.34. The molecule has 7 heteroatoms. The standard InChI is InChI=1S/C35H43FN2O4/c1-34(2,3)42-33(40)38-20-23(21-38)15-22-16-29(36)31(37-19-22)30-27(26-10-8-14-35(4,5)18-26)11-7-9-24-17-25(32(39)41-6)12-13-28(24)30/h12-13,15-17,19,26H,7-11,14,18,20-21H2,1-6H3. The molecule has 0 radical (unpaired) electrons. The maximum atomic E-state index is 16.1. The predicted molar refractivity (Wildman–Crippen MR) is 162 cm³/mol. The number of benzene rings is 1. The first-order valence-electron chi connectivity index (χ1n) is 15.1. The van der Waals surface area contributed by atoms with Crippen molar-refractivity contribution in [3.63, 3.8) is 0 Å². The molecular formula is C35H43FN2O4. The van der Waals surface area contributed by atoms with Crippen molar-refractivity contribution in [2.24, 2.45) is 11.3 Å². The number of carbonyl (C=O) groups excluding carboxylic acids is 2. The van der Waals surface area contributed by atoms with Crippen LogP contribution in [0.2, 0.25) is 0 Å². The Labute approximate surface area is 249 Å². The maximum Gasteiger partial charge on any atom is 0.410 e. The predicted octanol–water partition coefficient (Wildman–Crippen LogP) is 8.00. The van der Waals surface area contributed by atoms with E-state index < -0.39 is 5.60 Å². The van der Waals surface area contributed by atoms with Gasteiger partial charge in [0, 0.05) is 24.9 Å². The number of fused-ring (bicyclic) bond motifs is 1. The van der Waals surface area contributed by atoms with Crippen molar-refractivity contribution in [3.05, 3.63) is 75.4 Å². The van der Waals surface area contributed by atoms with Gasteiger partial charge in [-0.2, -0.15) is 0 Å². The van der Waals surface area contributed by atoms with Crippen molar-refractivity contribution in [1.82, 2.24) is 9.88 Å². The van der Waals surface area contributed by atoms with Crippen molar-refractivity contribution in [1.29, 1.82) is 0 Å². The second-order valence-corrected chi connectivity index (χ2v) is 13.8. The summed E-state index contributed by atoms with van der Waals surface area (Å²) in [6, 6.07) is 7.18. The quantitative estimate of drug-likeness (QED) is 0.346. The second-order valence-electron chi connectivity index (χ2n) is 13.8. The van der Waals surface area contributed by atoms with Gasteiger partial charge in [-0.15, -0.1) is 0 Å². The number of hydrogen-bond donors (Lipinski definition) is 0. The zero-order chi connectivity index (χ0) is 30.2.